The standard InChI is InChI=1S/3C18H35O.C3H8O.Ti/c3*1-18(2)16-14-12-10-8-6-4-3-5-7-9-11-13-15-17-19;1-3(2)4;/h3*18H,3-16H2,1-2H3;3-4H,1-2H3;/q3*-1;;+3. The molecule has 0 aliphatic carbocycles. The molecule has 0 aromatic heterocycles. The van der Waals surface area contributed by atoms with E-state index in [0.29, 0.717) is 19.3 Å². The molecule has 0 heterocycles. The van der Waals surface area contributed by atoms with Crippen LogP contribution in [0.2, 0.25) is 0 Å². The van der Waals surface area contributed by atoms with Crippen molar-refractivity contribution < 1.29 is 41.2 Å². The molecule has 5 heteroatoms. The third-order valence-electron chi connectivity index (χ3n) is 11.4. The van der Waals surface area contributed by atoms with E-state index in [1.54, 1.807) is 13.8 Å². The molecule has 4 nitrogen and oxygen atoms in total. The molecular formula is C57H113O4Ti. The zero-order valence-electron chi connectivity index (χ0n) is 43.7. The summed E-state index contributed by atoms with van der Waals surface area (Å²) in [6, 6.07) is 0. The average molecular weight is 910 g/mol. The van der Waals surface area contributed by atoms with Crippen LogP contribution in [0.4, 0.5) is 0 Å². The Balaban J connectivity index is -0.000000248. The maximum atomic E-state index is 10.0. The van der Waals surface area contributed by atoms with E-state index >= 15 is 0 Å². The zero-order chi connectivity index (χ0) is 46.1. The summed E-state index contributed by atoms with van der Waals surface area (Å²) in [4.78, 5) is 30.0. The van der Waals surface area contributed by atoms with Gasteiger partial charge < -0.3 is 19.5 Å². The Kier molecular flexibility index (Phi) is 76.7. The summed E-state index contributed by atoms with van der Waals surface area (Å²) >= 11 is 0. The fourth-order valence-corrected chi connectivity index (χ4v) is 7.55. The first-order valence-corrected chi connectivity index (χ1v) is 27.3. The van der Waals surface area contributed by atoms with E-state index in [-0.39, 0.29) is 27.8 Å². The SMILES string of the molecule is CC(C)CCCCCCCCCCCCCC[C-]=O.CC(C)CCCCCCCCCCCCCC[C-]=O.CC(C)CCCCCCCCCCCCCC[C-]=O.CC(C)O.[Ti+3]. The number of aliphatic hydroxyl groups excluding tert-OH is 1. The van der Waals surface area contributed by atoms with E-state index in [4.69, 9.17) is 5.11 Å². The van der Waals surface area contributed by atoms with Crippen molar-refractivity contribution in [2.45, 2.75) is 331 Å². The Bertz CT molecular complexity index is 670. The van der Waals surface area contributed by atoms with Crippen molar-refractivity contribution in [3.05, 3.63) is 0 Å². The monoisotopic (exact) mass is 910 g/mol. The molecule has 0 aliphatic rings. The number of hydrogen-bond acceptors (Lipinski definition) is 4. The predicted octanol–water partition coefficient (Wildman–Crippen LogP) is 19.0. The summed E-state index contributed by atoms with van der Waals surface area (Å²) in [5, 5.41) is 8.06. The van der Waals surface area contributed by atoms with Crippen molar-refractivity contribution in [2.75, 3.05) is 0 Å². The average Bonchev–Trinajstić information content (AvgIpc) is 3.21. The van der Waals surface area contributed by atoms with Crippen molar-refractivity contribution in [1.29, 1.82) is 0 Å². The quantitative estimate of drug-likeness (QED) is 0.0375. The van der Waals surface area contributed by atoms with Gasteiger partial charge in [0, 0.05) is 6.10 Å². The van der Waals surface area contributed by atoms with Gasteiger partial charge in [0.15, 0.2) is 0 Å². The summed E-state index contributed by atoms with van der Waals surface area (Å²) in [5.74, 6) is 2.64. The first kappa shape index (κ1) is 70.7. The topological polar surface area (TPSA) is 71.4 Å². The molecule has 0 unspecified atom stereocenters. The van der Waals surface area contributed by atoms with Gasteiger partial charge in [0.2, 0.25) is 0 Å². The molecular weight excluding hydrogens is 796 g/mol. The normalized spacial score (nSPS) is 10.8. The number of carbonyl (C=O) groups excluding carboxylic acids is 3. The minimum absolute atomic E-state index is 0. The van der Waals surface area contributed by atoms with E-state index < -0.39 is 0 Å². The Morgan fingerprint density at radius 3 is 0.484 bits per heavy atom. The van der Waals surface area contributed by atoms with Crippen LogP contribution in [0.1, 0.15) is 325 Å². The summed E-state index contributed by atoms with van der Waals surface area (Å²) in [6.45, 7) is 17.3. The number of unbranched alkanes of at least 4 members (excludes halogenated alkanes) is 36. The van der Waals surface area contributed by atoms with E-state index in [1.165, 1.54) is 231 Å². The van der Waals surface area contributed by atoms with Gasteiger partial charge in [-0.25, -0.2) is 0 Å². The van der Waals surface area contributed by atoms with Gasteiger partial charge in [0.1, 0.15) is 0 Å². The molecule has 0 saturated heterocycles. The van der Waals surface area contributed by atoms with Crippen LogP contribution in [0.5, 0.6) is 0 Å². The second-order valence-corrected chi connectivity index (χ2v) is 20.1. The van der Waals surface area contributed by atoms with Gasteiger partial charge in [-0.05, 0) is 31.6 Å². The molecule has 0 spiro atoms. The van der Waals surface area contributed by atoms with Crippen LogP contribution < -0.4 is 0 Å². The maximum Gasteiger partial charge on any atom is 3.00 e. The Hall–Kier alpha value is -0.316. The smallest absolute Gasteiger partial charge is 0.542 e. The predicted molar refractivity (Wildman–Crippen MR) is 273 cm³/mol. The minimum Gasteiger partial charge on any atom is -0.542 e. The zero-order valence-corrected chi connectivity index (χ0v) is 45.2. The van der Waals surface area contributed by atoms with E-state index in [2.05, 4.69) is 41.5 Å². The van der Waals surface area contributed by atoms with Crippen LogP contribution in [0.25, 0.3) is 0 Å². The molecule has 62 heavy (non-hydrogen) atoms. The van der Waals surface area contributed by atoms with Crippen molar-refractivity contribution >= 4 is 18.9 Å². The molecule has 0 rings (SSSR count). The van der Waals surface area contributed by atoms with Gasteiger partial charge in [0.05, 0.1) is 0 Å². The number of hydrogen-bond donors (Lipinski definition) is 1. The van der Waals surface area contributed by atoms with Crippen molar-refractivity contribution in [3.8, 4) is 0 Å². The number of aliphatic hydroxyl groups is 1. The van der Waals surface area contributed by atoms with Gasteiger partial charge in [-0.15, -0.1) is 0 Å². The molecule has 0 saturated carbocycles. The molecule has 0 amide bonds. The first-order chi connectivity index (χ1) is 29.5. The summed E-state index contributed by atoms with van der Waals surface area (Å²) in [5.41, 5.74) is 0. The van der Waals surface area contributed by atoms with Crippen LogP contribution in [-0.4, -0.2) is 30.1 Å². The third kappa shape index (κ3) is 90.4. The van der Waals surface area contributed by atoms with Gasteiger partial charge in [-0.3, -0.25) is 18.9 Å². The van der Waals surface area contributed by atoms with Gasteiger partial charge >= 0.3 is 21.7 Å². The fraction of sp³-hybridized carbons (Fsp3) is 0.947. The van der Waals surface area contributed by atoms with Crippen molar-refractivity contribution in [2.24, 2.45) is 17.8 Å². The molecule has 0 aromatic carbocycles. The van der Waals surface area contributed by atoms with Gasteiger partial charge in [-0.1, -0.05) is 292 Å². The second-order valence-electron chi connectivity index (χ2n) is 20.1. The Morgan fingerprint density at radius 1 is 0.258 bits per heavy atom. The molecule has 0 fully saturated rings. The third-order valence-corrected chi connectivity index (χ3v) is 11.4. The van der Waals surface area contributed by atoms with Crippen molar-refractivity contribution in [1.82, 2.24) is 0 Å². The van der Waals surface area contributed by atoms with Crippen molar-refractivity contribution in [3.63, 3.8) is 0 Å². The molecule has 0 atom stereocenters. The van der Waals surface area contributed by atoms with Crippen LogP contribution in [0, 0.1) is 17.8 Å². The summed E-state index contributed by atoms with van der Waals surface area (Å²) in [6.07, 6.45) is 60.8. The second kappa shape index (κ2) is 67.3. The molecule has 1 radical (unpaired) electrons. The van der Waals surface area contributed by atoms with E-state index in [0.717, 1.165) is 37.0 Å². The molecule has 1 N–H and O–H groups in total. The minimum atomic E-state index is -0.167. The molecule has 0 bridgehead atoms. The molecule has 369 valence electrons. The Morgan fingerprint density at radius 2 is 0.371 bits per heavy atom. The summed E-state index contributed by atoms with van der Waals surface area (Å²) in [7, 11) is 0. The van der Waals surface area contributed by atoms with Crippen LogP contribution in [0.3, 0.4) is 0 Å². The maximum absolute atomic E-state index is 10.0. The van der Waals surface area contributed by atoms with Crippen LogP contribution in [0.15, 0.2) is 0 Å². The Labute approximate surface area is 406 Å². The van der Waals surface area contributed by atoms with Gasteiger partial charge in [0.25, 0.3) is 0 Å². The molecule has 0 aliphatic heterocycles. The largest absolute Gasteiger partial charge is 3.00 e. The number of rotatable bonds is 45. The van der Waals surface area contributed by atoms with Crippen LogP contribution in [-0.2, 0) is 36.1 Å². The van der Waals surface area contributed by atoms with E-state index in [1.807, 2.05) is 18.9 Å². The summed E-state index contributed by atoms with van der Waals surface area (Å²) < 4.78 is 0. The van der Waals surface area contributed by atoms with Crippen LogP contribution >= 0.6 is 0 Å². The van der Waals surface area contributed by atoms with E-state index in [9.17, 15) is 14.4 Å². The fourth-order valence-electron chi connectivity index (χ4n) is 7.55. The van der Waals surface area contributed by atoms with Gasteiger partial charge in [-0.2, -0.15) is 19.3 Å². The molecule has 0 aromatic rings. The first-order valence-electron chi connectivity index (χ1n) is 27.3.